The minimum Gasteiger partial charge on any atom is -0.497 e. The van der Waals surface area contributed by atoms with Crippen molar-refractivity contribution in [3.63, 3.8) is 0 Å². The second kappa shape index (κ2) is 5.30. The van der Waals surface area contributed by atoms with Gasteiger partial charge in [0.15, 0.2) is 5.01 Å². The standard InChI is InChI=1S/C17H15NO2S/c1-10-4-5-11(2)16-14(10)18-17(21-16)15(19)12-6-8-13(20-3)9-7-12/h4-9H,1-3H3. The van der Waals surface area contributed by atoms with E-state index in [1.807, 2.05) is 19.9 Å². The smallest absolute Gasteiger partial charge is 0.221 e. The number of carbonyl (C=O) groups is 1. The first kappa shape index (κ1) is 13.8. The van der Waals surface area contributed by atoms with Gasteiger partial charge in [0.25, 0.3) is 0 Å². The molecule has 0 radical (unpaired) electrons. The first-order chi connectivity index (χ1) is 10.1. The quantitative estimate of drug-likeness (QED) is 0.682. The van der Waals surface area contributed by atoms with Crippen LogP contribution < -0.4 is 4.74 Å². The lowest BCUT2D eigenvalue weighted by Crippen LogP contribution is -2.00. The van der Waals surface area contributed by atoms with Crippen molar-refractivity contribution in [3.8, 4) is 5.75 Å². The maximum absolute atomic E-state index is 12.5. The molecule has 21 heavy (non-hydrogen) atoms. The molecule has 0 N–H and O–H groups in total. The van der Waals surface area contributed by atoms with Crippen molar-refractivity contribution in [2.75, 3.05) is 7.11 Å². The van der Waals surface area contributed by atoms with Crippen LogP contribution in [0, 0.1) is 13.8 Å². The second-order valence-corrected chi connectivity index (χ2v) is 5.95. The zero-order chi connectivity index (χ0) is 15.0. The Morgan fingerprint density at radius 3 is 2.33 bits per heavy atom. The molecule has 0 atom stereocenters. The highest BCUT2D eigenvalue weighted by molar-refractivity contribution is 7.20. The number of ether oxygens (including phenoxy) is 1. The van der Waals surface area contributed by atoms with Crippen LogP contribution in [0.2, 0.25) is 0 Å². The fraction of sp³-hybridized carbons (Fsp3) is 0.176. The molecule has 0 aliphatic heterocycles. The zero-order valence-electron chi connectivity index (χ0n) is 12.1. The molecule has 3 nitrogen and oxygen atoms in total. The molecular weight excluding hydrogens is 282 g/mol. The van der Waals surface area contributed by atoms with E-state index in [2.05, 4.69) is 11.1 Å². The lowest BCUT2D eigenvalue weighted by molar-refractivity contribution is 0.103. The normalized spacial score (nSPS) is 10.8. The van der Waals surface area contributed by atoms with Gasteiger partial charge < -0.3 is 4.74 Å². The van der Waals surface area contributed by atoms with Gasteiger partial charge in [-0.3, -0.25) is 4.79 Å². The highest BCUT2D eigenvalue weighted by atomic mass is 32.1. The average molecular weight is 297 g/mol. The van der Waals surface area contributed by atoms with Gasteiger partial charge in [-0.25, -0.2) is 4.98 Å². The highest BCUT2D eigenvalue weighted by Crippen LogP contribution is 2.29. The van der Waals surface area contributed by atoms with Gasteiger partial charge in [0.05, 0.1) is 17.3 Å². The van der Waals surface area contributed by atoms with Gasteiger partial charge in [0.1, 0.15) is 5.75 Å². The highest BCUT2D eigenvalue weighted by Gasteiger charge is 2.16. The minimum atomic E-state index is -0.0438. The molecule has 0 bridgehead atoms. The van der Waals surface area contributed by atoms with Gasteiger partial charge >= 0.3 is 0 Å². The topological polar surface area (TPSA) is 39.2 Å². The molecule has 0 amide bonds. The molecule has 0 saturated carbocycles. The summed E-state index contributed by atoms with van der Waals surface area (Å²) in [7, 11) is 1.61. The average Bonchev–Trinajstić information content (AvgIpc) is 2.97. The van der Waals surface area contributed by atoms with Gasteiger partial charge in [0.2, 0.25) is 5.78 Å². The monoisotopic (exact) mass is 297 g/mol. The van der Waals surface area contributed by atoms with Crippen molar-refractivity contribution in [3.05, 3.63) is 58.1 Å². The third-order valence-corrected chi connectivity index (χ3v) is 4.68. The third kappa shape index (κ3) is 2.43. The number of aromatic nitrogens is 1. The van der Waals surface area contributed by atoms with E-state index in [0.717, 1.165) is 27.1 Å². The number of aryl methyl sites for hydroxylation is 2. The summed E-state index contributed by atoms with van der Waals surface area (Å²) in [6.07, 6.45) is 0. The van der Waals surface area contributed by atoms with E-state index < -0.39 is 0 Å². The molecule has 3 aromatic rings. The van der Waals surface area contributed by atoms with Crippen molar-refractivity contribution in [2.45, 2.75) is 13.8 Å². The number of fused-ring (bicyclic) bond motifs is 1. The number of benzene rings is 2. The van der Waals surface area contributed by atoms with Crippen molar-refractivity contribution < 1.29 is 9.53 Å². The van der Waals surface area contributed by atoms with Crippen LogP contribution in [-0.4, -0.2) is 17.9 Å². The van der Waals surface area contributed by atoms with Crippen LogP contribution in [0.25, 0.3) is 10.2 Å². The SMILES string of the molecule is COc1ccc(C(=O)c2nc3c(C)ccc(C)c3s2)cc1. The van der Waals surface area contributed by atoms with Crippen molar-refractivity contribution in [2.24, 2.45) is 0 Å². The molecule has 0 unspecified atom stereocenters. The van der Waals surface area contributed by atoms with Crippen LogP contribution in [0.1, 0.15) is 26.5 Å². The summed E-state index contributed by atoms with van der Waals surface area (Å²) in [6.45, 7) is 4.06. The molecule has 0 aliphatic carbocycles. The number of carbonyl (C=O) groups excluding carboxylic acids is 1. The summed E-state index contributed by atoms with van der Waals surface area (Å²) < 4.78 is 6.20. The molecule has 3 rings (SSSR count). The number of hydrogen-bond donors (Lipinski definition) is 0. The maximum atomic E-state index is 12.5. The van der Waals surface area contributed by atoms with Gasteiger partial charge in [-0.2, -0.15) is 0 Å². The van der Waals surface area contributed by atoms with Crippen molar-refractivity contribution >= 4 is 27.3 Å². The molecule has 2 aromatic carbocycles. The van der Waals surface area contributed by atoms with Gasteiger partial charge in [0, 0.05) is 5.56 Å². The first-order valence-corrected chi connectivity index (χ1v) is 7.47. The van der Waals surface area contributed by atoms with Crippen LogP contribution in [0.3, 0.4) is 0 Å². The molecule has 0 spiro atoms. The van der Waals surface area contributed by atoms with Crippen LogP contribution in [0.5, 0.6) is 5.75 Å². The van der Waals surface area contributed by atoms with Gasteiger partial charge in [-0.15, -0.1) is 11.3 Å². The van der Waals surface area contributed by atoms with Crippen LogP contribution in [0.15, 0.2) is 36.4 Å². The molecular formula is C17H15NO2S. The summed E-state index contributed by atoms with van der Waals surface area (Å²) in [5.74, 6) is 0.695. The Morgan fingerprint density at radius 2 is 1.71 bits per heavy atom. The Morgan fingerprint density at radius 1 is 1.05 bits per heavy atom. The summed E-state index contributed by atoms with van der Waals surface area (Å²) in [5, 5.41) is 0.535. The predicted octanol–water partition coefficient (Wildman–Crippen LogP) is 4.15. The van der Waals surface area contributed by atoms with Crippen LogP contribution in [-0.2, 0) is 0 Å². The summed E-state index contributed by atoms with van der Waals surface area (Å²) in [5.41, 5.74) is 3.81. The Balaban J connectivity index is 2.05. The lowest BCUT2D eigenvalue weighted by atomic mass is 10.1. The van der Waals surface area contributed by atoms with E-state index in [0.29, 0.717) is 10.6 Å². The molecule has 4 heteroatoms. The minimum absolute atomic E-state index is 0.0438. The molecule has 1 aromatic heterocycles. The van der Waals surface area contributed by atoms with E-state index in [1.165, 1.54) is 11.3 Å². The fourth-order valence-corrected chi connectivity index (χ4v) is 3.30. The number of thiazole rings is 1. The molecule has 1 heterocycles. The molecule has 0 aliphatic rings. The van der Waals surface area contributed by atoms with Crippen molar-refractivity contribution in [1.29, 1.82) is 0 Å². The maximum Gasteiger partial charge on any atom is 0.221 e. The fourth-order valence-electron chi connectivity index (χ4n) is 2.22. The first-order valence-electron chi connectivity index (χ1n) is 6.65. The molecule has 0 saturated heterocycles. The van der Waals surface area contributed by atoms with Crippen LogP contribution in [0.4, 0.5) is 0 Å². The third-order valence-electron chi connectivity index (χ3n) is 3.49. The number of nitrogens with zero attached hydrogens (tertiary/aromatic N) is 1. The Labute approximate surface area is 127 Å². The van der Waals surface area contributed by atoms with Crippen LogP contribution >= 0.6 is 11.3 Å². The van der Waals surface area contributed by atoms with E-state index in [9.17, 15) is 4.79 Å². The number of methoxy groups -OCH3 is 1. The van der Waals surface area contributed by atoms with Gasteiger partial charge in [-0.1, -0.05) is 12.1 Å². The zero-order valence-corrected chi connectivity index (χ0v) is 13.0. The number of hydrogen-bond acceptors (Lipinski definition) is 4. The lowest BCUT2D eigenvalue weighted by Gasteiger charge is -2.00. The largest absolute Gasteiger partial charge is 0.497 e. The van der Waals surface area contributed by atoms with E-state index >= 15 is 0 Å². The van der Waals surface area contributed by atoms with E-state index in [-0.39, 0.29) is 5.78 Å². The van der Waals surface area contributed by atoms with Crippen molar-refractivity contribution in [1.82, 2.24) is 4.98 Å². The van der Waals surface area contributed by atoms with E-state index in [1.54, 1.807) is 31.4 Å². The number of rotatable bonds is 3. The molecule has 0 fully saturated rings. The number of ketones is 1. The second-order valence-electron chi connectivity index (χ2n) is 4.95. The summed E-state index contributed by atoms with van der Waals surface area (Å²) >= 11 is 1.46. The summed E-state index contributed by atoms with van der Waals surface area (Å²) in [4.78, 5) is 17.1. The predicted molar refractivity (Wildman–Crippen MR) is 85.5 cm³/mol. The Bertz CT molecular complexity index is 780. The van der Waals surface area contributed by atoms with E-state index in [4.69, 9.17) is 4.74 Å². The Kier molecular flexibility index (Phi) is 3.47. The molecule has 106 valence electrons. The summed E-state index contributed by atoms with van der Waals surface area (Å²) in [6, 6.07) is 11.2. The van der Waals surface area contributed by atoms with Gasteiger partial charge in [-0.05, 0) is 49.2 Å². The Hall–Kier alpha value is -2.20.